The van der Waals surface area contributed by atoms with Crippen LogP contribution in [0, 0.1) is 6.92 Å². The first-order valence-electron chi connectivity index (χ1n) is 7.56. The third-order valence-corrected chi connectivity index (χ3v) is 4.97. The van der Waals surface area contributed by atoms with Gasteiger partial charge in [-0.05, 0) is 19.8 Å². The molecule has 0 aliphatic heterocycles. The van der Waals surface area contributed by atoms with Crippen molar-refractivity contribution in [3.8, 4) is 10.6 Å². The summed E-state index contributed by atoms with van der Waals surface area (Å²) in [5.41, 5.74) is 3.70. The zero-order valence-electron chi connectivity index (χ0n) is 12.1. The number of rotatable bonds is 4. The van der Waals surface area contributed by atoms with Crippen LogP contribution in [0.15, 0.2) is 29.6 Å². The standard InChI is InChI=1S/C17H22N2S/c1-13-7-9-14(10-8-13)17-19-16(12-20-17)11-18-15-5-3-2-4-6-15/h7-10,12,15,18H,2-6,11H2,1H3. The minimum Gasteiger partial charge on any atom is -0.308 e. The first-order valence-corrected chi connectivity index (χ1v) is 8.44. The van der Waals surface area contributed by atoms with Crippen LogP contribution < -0.4 is 5.32 Å². The van der Waals surface area contributed by atoms with E-state index in [0.29, 0.717) is 6.04 Å². The third kappa shape index (κ3) is 3.47. The van der Waals surface area contributed by atoms with Crippen molar-refractivity contribution in [2.45, 2.75) is 51.6 Å². The largest absolute Gasteiger partial charge is 0.308 e. The van der Waals surface area contributed by atoms with Crippen LogP contribution in [0.25, 0.3) is 10.6 Å². The van der Waals surface area contributed by atoms with Gasteiger partial charge >= 0.3 is 0 Å². The highest BCUT2D eigenvalue weighted by molar-refractivity contribution is 7.13. The highest BCUT2D eigenvalue weighted by Crippen LogP contribution is 2.24. The van der Waals surface area contributed by atoms with Gasteiger partial charge in [-0.15, -0.1) is 11.3 Å². The number of hydrogen-bond acceptors (Lipinski definition) is 3. The zero-order chi connectivity index (χ0) is 13.8. The lowest BCUT2D eigenvalue weighted by atomic mass is 9.95. The van der Waals surface area contributed by atoms with Crippen molar-refractivity contribution in [2.75, 3.05) is 0 Å². The Kier molecular flexibility index (Phi) is 4.48. The number of nitrogens with one attached hydrogen (secondary N) is 1. The average Bonchev–Trinajstić information content (AvgIpc) is 2.96. The van der Waals surface area contributed by atoms with E-state index in [0.717, 1.165) is 11.6 Å². The van der Waals surface area contributed by atoms with Crippen molar-refractivity contribution in [2.24, 2.45) is 0 Å². The summed E-state index contributed by atoms with van der Waals surface area (Å²) in [6.45, 7) is 3.03. The summed E-state index contributed by atoms with van der Waals surface area (Å²) in [5, 5.41) is 6.97. The molecule has 0 atom stereocenters. The number of nitrogens with zero attached hydrogens (tertiary/aromatic N) is 1. The molecule has 3 rings (SSSR count). The molecule has 0 unspecified atom stereocenters. The molecule has 1 fully saturated rings. The van der Waals surface area contributed by atoms with E-state index in [1.165, 1.54) is 48.9 Å². The van der Waals surface area contributed by atoms with Crippen molar-refractivity contribution >= 4 is 11.3 Å². The maximum absolute atomic E-state index is 4.75. The number of thiazole rings is 1. The Morgan fingerprint density at radius 2 is 1.90 bits per heavy atom. The second kappa shape index (κ2) is 6.51. The second-order valence-corrected chi connectivity index (χ2v) is 6.58. The lowest BCUT2D eigenvalue weighted by Crippen LogP contribution is -2.30. The number of aromatic nitrogens is 1. The molecule has 1 saturated carbocycles. The molecule has 1 aromatic carbocycles. The first kappa shape index (κ1) is 13.8. The van der Waals surface area contributed by atoms with Gasteiger partial charge in [0.1, 0.15) is 5.01 Å². The van der Waals surface area contributed by atoms with Gasteiger partial charge in [-0.2, -0.15) is 0 Å². The molecule has 0 saturated heterocycles. The predicted octanol–water partition coefficient (Wildman–Crippen LogP) is 4.54. The Labute approximate surface area is 125 Å². The number of hydrogen-bond donors (Lipinski definition) is 1. The van der Waals surface area contributed by atoms with Crippen molar-refractivity contribution < 1.29 is 0 Å². The summed E-state index contributed by atoms with van der Waals surface area (Å²) in [5.74, 6) is 0. The summed E-state index contributed by atoms with van der Waals surface area (Å²) >= 11 is 1.74. The van der Waals surface area contributed by atoms with Gasteiger partial charge in [0, 0.05) is 23.5 Å². The third-order valence-electron chi connectivity index (χ3n) is 4.03. The maximum atomic E-state index is 4.75. The molecule has 1 heterocycles. The van der Waals surface area contributed by atoms with Crippen LogP contribution in [0.3, 0.4) is 0 Å². The molecule has 106 valence electrons. The molecule has 0 radical (unpaired) electrons. The molecule has 1 aliphatic rings. The molecular weight excluding hydrogens is 264 g/mol. The van der Waals surface area contributed by atoms with Crippen molar-refractivity contribution in [3.05, 3.63) is 40.9 Å². The Morgan fingerprint density at radius 1 is 1.15 bits per heavy atom. The highest BCUT2D eigenvalue weighted by Gasteiger charge is 2.13. The molecule has 2 nitrogen and oxygen atoms in total. The van der Waals surface area contributed by atoms with Crippen LogP contribution in [0.5, 0.6) is 0 Å². The number of aryl methyl sites for hydroxylation is 1. The van der Waals surface area contributed by atoms with Crippen LogP contribution in [0.4, 0.5) is 0 Å². The highest BCUT2D eigenvalue weighted by atomic mass is 32.1. The van der Waals surface area contributed by atoms with Gasteiger partial charge in [-0.25, -0.2) is 4.98 Å². The SMILES string of the molecule is Cc1ccc(-c2nc(CNC3CCCCC3)cs2)cc1. The van der Waals surface area contributed by atoms with Gasteiger partial charge in [0.25, 0.3) is 0 Å². The molecule has 1 N–H and O–H groups in total. The predicted molar refractivity (Wildman–Crippen MR) is 86.0 cm³/mol. The summed E-state index contributed by atoms with van der Waals surface area (Å²) in [7, 11) is 0. The minimum atomic E-state index is 0.702. The van der Waals surface area contributed by atoms with E-state index in [1.54, 1.807) is 11.3 Å². The fourth-order valence-electron chi connectivity index (χ4n) is 2.77. The Balaban J connectivity index is 1.60. The van der Waals surface area contributed by atoms with Gasteiger partial charge in [-0.3, -0.25) is 0 Å². The molecular formula is C17H22N2S. The van der Waals surface area contributed by atoms with Gasteiger partial charge in [0.15, 0.2) is 0 Å². The summed E-state index contributed by atoms with van der Waals surface area (Å²) in [4.78, 5) is 4.75. The van der Waals surface area contributed by atoms with E-state index in [1.807, 2.05) is 0 Å². The molecule has 2 aromatic rings. The van der Waals surface area contributed by atoms with Crippen molar-refractivity contribution in [3.63, 3.8) is 0 Å². The Bertz CT molecular complexity index is 538. The molecule has 20 heavy (non-hydrogen) atoms. The van der Waals surface area contributed by atoms with Crippen LogP contribution in [-0.4, -0.2) is 11.0 Å². The molecule has 0 spiro atoms. The van der Waals surface area contributed by atoms with Gasteiger partial charge in [0.2, 0.25) is 0 Å². The van der Waals surface area contributed by atoms with E-state index < -0.39 is 0 Å². The summed E-state index contributed by atoms with van der Waals surface area (Å²) in [6, 6.07) is 9.32. The topological polar surface area (TPSA) is 24.9 Å². The lowest BCUT2D eigenvalue weighted by Gasteiger charge is -2.22. The van der Waals surface area contributed by atoms with Crippen molar-refractivity contribution in [1.82, 2.24) is 10.3 Å². The van der Waals surface area contributed by atoms with Crippen LogP contribution in [0.1, 0.15) is 43.4 Å². The molecule has 0 amide bonds. The molecule has 0 bridgehead atoms. The smallest absolute Gasteiger partial charge is 0.123 e. The maximum Gasteiger partial charge on any atom is 0.123 e. The normalized spacial score (nSPS) is 16.4. The van der Waals surface area contributed by atoms with Crippen molar-refractivity contribution in [1.29, 1.82) is 0 Å². The fraction of sp³-hybridized carbons (Fsp3) is 0.471. The van der Waals surface area contributed by atoms with Crippen LogP contribution >= 0.6 is 11.3 Å². The summed E-state index contributed by atoms with van der Waals surface area (Å²) < 4.78 is 0. The zero-order valence-corrected chi connectivity index (χ0v) is 12.9. The Hall–Kier alpha value is -1.19. The van der Waals surface area contributed by atoms with E-state index in [-0.39, 0.29) is 0 Å². The monoisotopic (exact) mass is 286 g/mol. The van der Waals surface area contributed by atoms with Gasteiger partial charge < -0.3 is 5.32 Å². The lowest BCUT2D eigenvalue weighted by molar-refractivity contribution is 0.371. The average molecular weight is 286 g/mol. The molecule has 1 aromatic heterocycles. The summed E-state index contributed by atoms with van der Waals surface area (Å²) in [6.07, 6.45) is 6.82. The molecule has 3 heteroatoms. The van der Waals surface area contributed by atoms with E-state index in [9.17, 15) is 0 Å². The van der Waals surface area contributed by atoms with Gasteiger partial charge in [-0.1, -0.05) is 49.1 Å². The number of benzene rings is 1. The van der Waals surface area contributed by atoms with Gasteiger partial charge in [0.05, 0.1) is 5.69 Å². The fourth-order valence-corrected chi connectivity index (χ4v) is 3.60. The first-order chi connectivity index (χ1) is 9.81. The Morgan fingerprint density at radius 3 is 2.65 bits per heavy atom. The van der Waals surface area contributed by atoms with E-state index in [4.69, 9.17) is 4.98 Å². The molecule has 1 aliphatic carbocycles. The van der Waals surface area contributed by atoms with Crippen LogP contribution in [-0.2, 0) is 6.54 Å². The second-order valence-electron chi connectivity index (χ2n) is 5.73. The van der Waals surface area contributed by atoms with Crippen LogP contribution in [0.2, 0.25) is 0 Å². The van der Waals surface area contributed by atoms with E-state index >= 15 is 0 Å². The quantitative estimate of drug-likeness (QED) is 0.892. The van der Waals surface area contributed by atoms with E-state index in [2.05, 4.69) is 41.9 Å². The minimum absolute atomic E-state index is 0.702.